The Morgan fingerprint density at radius 2 is 2.04 bits per heavy atom. The minimum Gasteiger partial charge on any atom is -0.324 e. The second-order valence-corrected chi connectivity index (χ2v) is 9.47. The zero-order valence-electron chi connectivity index (χ0n) is 13.0. The first kappa shape index (κ1) is 17.4. The summed E-state index contributed by atoms with van der Waals surface area (Å²) in [6.07, 6.45) is 1.17. The average molecular weight is 385 g/mol. The summed E-state index contributed by atoms with van der Waals surface area (Å²) in [7, 11) is -3.71. The topological polar surface area (TPSA) is 66.5 Å². The fourth-order valence-electron chi connectivity index (χ4n) is 2.77. The van der Waals surface area contributed by atoms with Gasteiger partial charge >= 0.3 is 0 Å². The van der Waals surface area contributed by atoms with Crippen molar-refractivity contribution in [3.8, 4) is 0 Å². The molecule has 1 N–H and O–H groups in total. The van der Waals surface area contributed by atoms with Gasteiger partial charge in [-0.05, 0) is 43.5 Å². The molecule has 128 valence electrons. The summed E-state index contributed by atoms with van der Waals surface area (Å²) >= 11 is 6.86. The SMILES string of the molecule is Cc1ccccc1NC(=O)[C@@H]1CCCN1S(=O)(=O)c1ccc(Cl)s1. The first-order valence-electron chi connectivity index (χ1n) is 7.53. The Labute approximate surface area is 150 Å². The van der Waals surface area contributed by atoms with E-state index < -0.39 is 16.1 Å². The van der Waals surface area contributed by atoms with Crippen LogP contribution in [0.25, 0.3) is 0 Å². The van der Waals surface area contributed by atoms with Crippen molar-refractivity contribution < 1.29 is 13.2 Å². The van der Waals surface area contributed by atoms with Gasteiger partial charge in [-0.1, -0.05) is 29.8 Å². The van der Waals surface area contributed by atoms with Crippen LogP contribution in [0.5, 0.6) is 0 Å². The van der Waals surface area contributed by atoms with E-state index in [0.717, 1.165) is 16.9 Å². The smallest absolute Gasteiger partial charge is 0.253 e. The number of nitrogens with one attached hydrogen (secondary N) is 1. The molecule has 8 heteroatoms. The van der Waals surface area contributed by atoms with Crippen LogP contribution < -0.4 is 5.32 Å². The van der Waals surface area contributed by atoms with Gasteiger partial charge < -0.3 is 5.32 Å². The summed E-state index contributed by atoms with van der Waals surface area (Å²) in [5.41, 5.74) is 1.63. The molecule has 1 aromatic heterocycles. The highest BCUT2D eigenvalue weighted by Crippen LogP contribution is 2.32. The molecule has 1 saturated heterocycles. The number of hydrogen-bond donors (Lipinski definition) is 1. The standard InChI is InChI=1S/C16H17ClN2O3S2/c1-11-5-2-3-6-12(11)18-16(20)13-7-4-10-19(13)24(21,22)15-9-8-14(17)23-15/h2-3,5-6,8-9,13H,4,7,10H2,1H3,(H,18,20)/t13-/m0/s1. The van der Waals surface area contributed by atoms with Crippen molar-refractivity contribution in [3.05, 3.63) is 46.3 Å². The Hall–Kier alpha value is -1.41. The van der Waals surface area contributed by atoms with Gasteiger partial charge in [0.15, 0.2) is 0 Å². The number of carbonyl (C=O) groups excluding carboxylic acids is 1. The number of anilines is 1. The molecule has 0 radical (unpaired) electrons. The highest BCUT2D eigenvalue weighted by Gasteiger charge is 2.40. The van der Waals surface area contributed by atoms with Gasteiger partial charge in [-0.3, -0.25) is 4.79 Å². The maximum absolute atomic E-state index is 12.8. The molecule has 0 aliphatic carbocycles. The number of rotatable bonds is 4. The highest BCUT2D eigenvalue weighted by molar-refractivity contribution is 7.91. The average Bonchev–Trinajstić information content (AvgIpc) is 3.18. The van der Waals surface area contributed by atoms with Gasteiger partial charge in [0.1, 0.15) is 10.3 Å². The second-order valence-electron chi connectivity index (χ2n) is 5.64. The molecule has 1 aliphatic heterocycles. The molecule has 24 heavy (non-hydrogen) atoms. The van der Waals surface area contributed by atoms with Crippen molar-refractivity contribution in [1.29, 1.82) is 0 Å². The molecule has 0 bridgehead atoms. The molecule has 1 fully saturated rings. The van der Waals surface area contributed by atoms with Gasteiger partial charge in [-0.25, -0.2) is 8.42 Å². The van der Waals surface area contributed by atoms with Crippen LogP contribution in [0, 0.1) is 6.92 Å². The first-order chi connectivity index (χ1) is 11.4. The van der Waals surface area contributed by atoms with Gasteiger partial charge in [0.05, 0.1) is 4.34 Å². The van der Waals surface area contributed by atoms with Crippen LogP contribution in [0.15, 0.2) is 40.6 Å². The van der Waals surface area contributed by atoms with Gasteiger partial charge in [0.25, 0.3) is 10.0 Å². The third-order valence-corrected chi connectivity index (χ3v) is 7.63. The minimum atomic E-state index is -3.71. The number of nitrogens with zero attached hydrogens (tertiary/aromatic N) is 1. The molecule has 3 rings (SSSR count). The van der Waals surface area contributed by atoms with Crippen molar-refractivity contribution in [2.24, 2.45) is 0 Å². The summed E-state index contributed by atoms with van der Waals surface area (Å²) in [4.78, 5) is 12.6. The highest BCUT2D eigenvalue weighted by atomic mass is 35.5. The van der Waals surface area contributed by atoms with E-state index in [2.05, 4.69) is 5.32 Å². The molecule has 5 nitrogen and oxygen atoms in total. The van der Waals surface area contributed by atoms with E-state index in [9.17, 15) is 13.2 Å². The van der Waals surface area contributed by atoms with E-state index in [1.54, 1.807) is 12.1 Å². The molecule has 0 unspecified atom stereocenters. The number of para-hydroxylation sites is 1. The molecule has 1 atom stereocenters. The number of sulfonamides is 1. The Bertz CT molecular complexity index is 864. The number of benzene rings is 1. The fourth-order valence-corrected chi connectivity index (χ4v) is 6.04. The first-order valence-corrected chi connectivity index (χ1v) is 10.2. The lowest BCUT2D eigenvalue weighted by molar-refractivity contribution is -0.119. The summed E-state index contributed by atoms with van der Waals surface area (Å²) in [6.45, 7) is 2.23. The van der Waals surface area contributed by atoms with Crippen LogP contribution in [0.3, 0.4) is 0 Å². The molecule has 0 spiro atoms. The van der Waals surface area contributed by atoms with E-state index >= 15 is 0 Å². The number of halogens is 1. The van der Waals surface area contributed by atoms with Crippen molar-refractivity contribution in [2.45, 2.75) is 30.0 Å². The Morgan fingerprint density at radius 1 is 1.29 bits per heavy atom. The molecule has 2 heterocycles. The fraction of sp³-hybridized carbons (Fsp3) is 0.312. The van der Waals surface area contributed by atoms with Crippen LogP contribution in [-0.4, -0.2) is 31.2 Å². The summed E-state index contributed by atoms with van der Waals surface area (Å²) in [5.74, 6) is -0.298. The van der Waals surface area contributed by atoms with Gasteiger partial charge in [0, 0.05) is 12.2 Å². The molecular formula is C16H17ClN2O3S2. The van der Waals surface area contributed by atoms with Gasteiger partial charge in [0.2, 0.25) is 5.91 Å². The number of aryl methyl sites for hydroxylation is 1. The predicted octanol–water partition coefficient (Wildman–Crippen LogP) is 3.50. The molecule has 1 amide bonds. The molecule has 1 aliphatic rings. The van der Waals surface area contributed by atoms with E-state index in [1.807, 2.05) is 25.1 Å². The molecule has 0 saturated carbocycles. The van der Waals surface area contributed by atoms with Crippen molar-refractivity contribution >= 4 is 44.6 Å². The molecular weight excluding hydrogens is 368 g/mol. The van der Waals surface area contributed by atoms with Crippen LogP contribution in [-0.2, 0) is 14.8 Å². The maximum atomic E-state index is 12.8. The van der Waals surface area contributed by atoms with E-state index in [1.165, 1.54) is 10.4 Å². The lowest BCUT2D eigenvalue weighted by Gasteiger charge is -2.23. The second kappa shape index (κ2) is 6.84. The third-order valence-electron chi connectivity index (χ3n) is 4.02. The monoisotopic (exact) mass is 384 g/mol. The lowest BCUT2D eigenvalue weighted by atomic mass is 10.1. The largest absolute Gasteiger partial charge is 0.324 e. The van der Waals surface area contributed by atoms with Crippen molar-refractivity contribution in [1.82, 2.24) is 4.31 Å². The number of carbonyl (C=O) groups is 1. The normalized spacial score (nSPS) is 18.7. The van der Waals surface area contributed by atoms with Gasteiger partial charge in [-0.15, -0.1) is 11.3 Å². The Balaban J connectivity index is 1.83. The predicted molar refractivity (Wildman–Crippen MR) is 96.1 cm³/mol. The van der Waals surface area contributed by atoms with Crippen LogP contribution in [0.4, 0.5) is 5.69 Å². The molecule has 1 aromatic carbocycles. The number of hydrogen-bond acceptors (Lipinski definition) is 4. The Kier molecular flexibility index (Phi) is 4.96. The summed E-state index contributed by atoms with van der Waals surface area (Å²) < 4.78 is 27.4. The van der Waals surface area contributed by atoms with E-state index in [-0.39, 0.29) is 10.1 Å². The Morgan fingerprint density at radius 3 is 2.71 bits per heavy atom. The van der Waals surface area contributed by atoms with Crippen molar-refractivity contribution in [2.75, 3.05) is 11.9 Å². The minimum absolute atomic E-state index is 0.170. The zero-order chi connectivity index (χ0) is 17.3. The van der Waals surface area contributed by atoms with Crippen LogP contribution in [0.2, 0.25) is 4.34 Å². The number of amides is 1. The van der Waals surface area contributed by atoms with Crippen LogP contribution >= 0.6 is 22.9 Å². The summed E-state index contributed by atoms with van der Waals surface area (Å²) in [5, 5.41) is 2.84. The quantitative estimate of drug-likeness (QED) is 0.877. The van der Waals surface area contributed by atoms with Crippen LogP contribution in [0.1, 0.15) is 18.4 Å². The number of thiophene rings is 1. The third kappa shape index (κ3) is 3.35. The van der Waals surface area contributed by atoms with Gasteiger partial charge in [-0.2, -0.15) is 4.31 Å². The lowest BCUT2D eigenvalue weighted by Crippen LogP contribution is -2.42. The molecule has 2 aromatic rings. The van der Waals surface area contributed by atoms with E-state index in [4.69, 9.17) is 11.6 Å². The zero-order valence-corrected chi connectivity index (χ0v) is 15.4. The summed E-state index contributed by atoms with van der Waals surface area (Å²) in [6, 6.07) is 9.76. The van der Waals surface area contributed by atoms with Crippen molar-refractivity contribution in [3.63, 3.8) is 0 Å². The maximum Gasteiger partial charge on any atom is 0.253 e. The van der Waals surface area contributed by atoms with E-state index in [0.29, 0.717) is 29.4 Å².